The molecule has 1 aliphatic heterocycles. The molecule has 1 fully saturated rings. The van der Waals surface area contributed by atoms with Crippen LogP contribution in [-0.4, -0.2) is 25.3 Å². The Labute approximate surface area is 87.7 Å². The number of hydrogen-bond donors (Lipinski definition) is 1. The average molecular weight is 197 g/mol. The zero-order chi connectivity index (χ0) is 10.2. The maximum absolute atomic E-state index is 5.63. The maximum atomic E-state index is 5.63. The van der Waals surface area contributed by atoms with Crippen molar-refractivity contribution in [2.24, 2.45) is 0 Å². The lowest BCUT2D eigenvalue weighted by atomic mass is 10.0. The molecule has 0 aromatic heterocycles. The maximum Gasteiger partial charge on any atom is 0.0587 e. The van der Waals surface area contributed by atoms with E-state index < -0.39 is 0 Å². The van der Waals surface area contributed by atoms with Gasteiger partial charge < -0.3 is 10.1 Å². The van der Waals surface area contributed by atoms with E-state index in [1.165, 1.54) is 12.8 Å². The van der Waals surface area contributed by atoms with Crippen LogP contribution in [0.15, 0.2) is 12.2 Å². The molecule has 0 amide bonds. The molecule has 2 nitrogen and oxygen atoms in total. The Bertz CT molecular complexity index is 168. The van der Waals surface area contributed by atoms with Gasteiger partial charge in [-0.3, -0.25) is 0 Å². The summed E-state index contributed by atoms with van der Waals surface area (Å²) in [7, 11) is 0. The van der Waals surface area contributed by atoms with Gasteiger partial charge in [0.1, 0.15) is 0 Å². The molecule has 0 spiro atoms. The molecule has 0 aliphatic carbocycles. The van der Waals surface area contributed by atoms with E-state index in [0.29, 0.717) is 12.1 Å². The van der Waals surface area contributed by atoms with Gasteiger partial charge in [-0.25, -0.2) is 0 Å². The zero-order valence-electron chi connectivity index (χ0n) is 9.46. The van der Waals surface area contributed by atoms with E-state index >= 15 is 0 Å². The first-order valence-electron chi connectivity index (χ1n) is 5.83. The molecule has 0 saturated carbocycles. The normalized spacial score (nSPS) is 28.4. The van der Waals surface area contributed by atoms with Crippen LogP contribution in [0, 0.1) is 0 Å². The lowest BCUT2D eigenvalue weighted by molar-refractivity contribution is 0.000141. The molecule has 14 heavy (non-hydrogen) atoms. The summed E-state index contributed by atoms with van der Waals surface area (Å²) in [5, 5.41) is 3.59. The van der Waals surface area contributed by atoms with E-state index in [1.54, 1.807) is 0 Å². The largest absolute Gasteiger partial charge is 0.378 e. The molecule has 1 aliphatic rings. The van der Waals surface area contributed by atoms with Crippen LogP contribution in [0.5, 0.6) is 0 Å². The Kier molecular flexibility index (Phi) is 5.88. The van der Waals surface area contributed by atoms with Crippen molar-refractivity contribution >= 4 is 0 Å². The topological polar surface area (TPSA) is 21.3 Å². The predicted molar refractivity (Wildman–Crippen MR) is 60.5 cm³/mol. The molecule has 2 unspecified atom stereocenters. The summed E-state index contributed by atoms with van der Waals surface area (Å²) in [5.74, 6) is 0. The Balaban J connectivity index is 2.11. The summed E-state index contributed by atoms with van der Waals surface area (Å²) < 4.78 is 5.63. The van der Waals surface area contributed by atoms with Crippen LogP contribution < -0.4 is 5.32 Å². The first-order chi connectivity index (χ1) is 6.86. The predicted octanol–water partition coefficient (Wildman–Crippen LogP) is 2.50. The molecule has 0 aromatic carbocycles. The van der Waals surface area contributed by atoms with Gasteiger partial charge >= 0.3 is 0 Å². The summed E-state index contributed by atoms with van der Waals surface area (Å²) in [6, 6.07) is 0.680. The number of hydrogen-bond acceptors (Lipinski definition) is 2. The second kappa shape index (κ2) is 7.02. The highest BCUT2D eigenvalue weighted by Gasteiger charge is 2.20. The number of allylic oxidation sites excluding steroid dienone is 1. The molecular formula is C12H23NO. The van der Waals surface area contributed by atoms with Crippen LogP contribution in [-0.2, 0) is 4.74 Å². The highest BCUT2D eigenvalue weighted by atomic mass is 16.5. The number of rotatable bonds is 5. The van der Waals surface area contributed by atoms with E-state index in [2.05, 4.69) is 31.3 Å². The highest BCUT2D eigenvalue weighted by Crippen LogP contribution is 2.15. The smallest absolute Gasteiger partial charge is 0.0587 e. The summed E-state index contributed by atoms with van der Waals surface area (Å²) in [4.78, 5) is 0. The van der Waals surface area contributed by atoms with Crippen molar-refractivity contribution in [3.8, 4) is 0 Å². The van der Waals surface area contributed by atoms with Crippen molar-refractivity contribution in [2.45, 2.75) is 51.7 Å². The van der Waals surface area contributed by atoms with Crippen LogP contribution in [0.4, 0.5) is 0 Å². The fraction of sp³-hybridized carbons (Fsp3) is 0.833. The van der Waals surface area contributed by atoms with E-state index in [9.17, 15) is 0 Å². The van der Waals surface area contributed by atoms with Crippen molar-refractivity contribution in [1.29, 1.82) is 0 Å². The summed E-state index contributed by atoms with van der Waals surface area (Å²) >= 11 is 0. The number of nitrogens with one attached hydrogen (secondary N) is 1. The Morgan fingerprint density at radius 3 is 3.07 bits per heavy atom. The number of ether oxygens (including phenoxy) is 1. The standard InChI is InChI=1S/C12H23NO/c1-3-5-6-8-13-11-7-9-14-12(4-2)10-11/h3,5,11-13H,4,6-10H2,1-2H3/b5-3+. The summed E-state index contributed by atoms with van der Waals surface area (Å²) in [6.07, 6.45) is 9.46. The minimum Gasteiger partial charge on any atom is -0.378 e. The summed E-state index contributed by atoms with van der Waals surface area (Å²) in [5.41, 5.74) is 0. The molecule has 1 saturated heterocycles. The second-order valence-corrected chi connectivity index (χ2v) is 3.93. The average Bonchev–Trinajstić information content (AvgIpc) is 2.25. The van der Waals surface area contributed by atoms with Gasteiger partial charge in [-0.05, 0) is 39.2 Å². The Hall–Kier alpha value is -0.340. The zero-order valence-corrected chi connectivity index (χ0v) is 9.46. The molecule has 0 aromatic rings. The van der Waals surface area contributed by atoms with E-state index in [-0.39, 0.29) is 0 Å². The van der Waals surface area contributed by atoms with Gasteiger partial charge in [-0.2, -0.15) is 0 Å². The van der Waals surface area contributed by atoms with Crippen LogP contribution in [0.3, 0.4) is 0 Å². The Morgan fingerprint density at radius 2 is 2.36 bits per heavy atom. The fourth-order valence-electron chi connectivity index (χ4n) is 1.89. The van der Waals surface area contributed by atoms with E-state index in [1.807, 2.05) is 0 Å². The van der Waals surface area contributed by atoms with Crippen molar-refractivity contribution in [2.75, 3.05) is 13.2 Å². The van der Waals surface area contributed by atoms with Crippen molar-refractivity contribution in [1.82, 2.24) is 5.32 Å². The molecular weight excluding hydrogens is 174 g/mol. The van der Waals surface area contributed by atoms with Crippen molar-refractivity contribution in [3.63, 3.8) is 0 Å². The van der Waals surface area contributed by atoms with Crippen molar-refractivity contribution < 1.29 is 4.74 Å². The third-order valence-electron chi connectivity index (χ3n) is 2.80. The van der Waals surface area contributed by atoms with Crippen molar-refractivity contribution in [3.05, 3.63) is 12.2 Å². The minimum absolute atomic E-state index is 0.489. The van der Waals surface area contributed by atoms with Gasteiger partial charge in [-0.1, -0.05) is 19.1 Å². The first-order valence-corrected chi connectivity index (χ1v) is 5.83. The highest BCUT2D eigenvalue weighted by molar-refractivity contribution is 4.80. The molecule has 0 radical (unpaired) electrons. The third-order valence-corrected chi connectivity index (χ3v) is 2.80. The first kappa shape index (κ1) is 11.7. The second-order valence-electron chi connectivity index (χ2n) is 3.93. The third kappa shape index (κ3) is 4.25. The van der Waals surface area contributed by atoms with Crippen LogP contribution in [0.25, 0.3) is 0 Å². The van der Waals surface area contributed by atoms with E-state index in [0.717, 1.165) is 26.0 Å². The molecule has 82 valence electrons. The monoisotopic (exact) mass is 197 g/mol. The van der Waals surface area contributed by atoms with E-state index in [4.69, 9.17) is 4.74 Å². The molecule has 2 heteroatoms. The van der Waals surface area contributed by atoms with Crippen LogP contribution >= 0.6 is 0 Å². The van der Waals surface area contributed by atoms with Crippen LogP contribution in [0.2, 0.25) is 0 Å². The quantitative estimate of drug-likeness (QED) is 0.540. The lowest BCUT2D eigenvalue weighted by Gasteiger charge is -2.29. The molecule has 1 N–H and O–H groups in total. The van der Waals surface area contributed by atoms with Gasteiger partial charge in [0.05, 0.1) is 6.10 Å². The molecule has 1 rings (SSSR count). The minimum atomic E-state index is 0.489. The molecule has 1 heterocycles. The lowest BCUT2D eigenvalue weighted by Crippen LogP contribution is -2.39. The molecule has 2 atom stereocenters. The van der Waals surface area contributed by atoms with Gasteiger partial charge in [0.25, 0.3) is 0 Å². The molecule has 0 bridgehead atoms. The van der Waals surface area contributed by atoms with Gasteiger partial charge in [0.2, 0.25) is 0 Å². The van der Waals surface area contributed by atoms with Crippen LogP contribution in [0.1, 0.15) is 39.5 Å². The Morgan fingerprint density at radius 1 is 1.50 bits per heavy atom. The fourth-order valence-corrected chi connectivity index (χ4v) is 1.89. The van der Waals surface area contributed by atoms with Gasteiger partial charge in [0, 0.05) is 12.6 Å². The van der Waals surface area contributed by atoms with Gasteiger partial charge in [-0.15, -0.1) is 0 Å². The SMILES string of the molecule is C/C=C/CCNC1CCOC(CC)C1. The summed E-state index contributed by atoms with van der Waals surface area (Å²) in [6.45, 7) is 6.31. The van der Waals surface area contributed by atoms with Gasteiger partial charge in [0.15, 0.2) is 0 Å².